The number of imide groups is 1. The van der Waals surface area contributed by atoms with Crippen LogP contribution in [0.5, 0.6) is 5.75 Å². The van der Waals surface area contributed by atoms with E-state index < -0.39 is 0 Å². The van der Waals surface area contributed by atoms with Crippen molar-refractivity contribution in [3.05, 3.63) is 35.5 Å². The molecule has 162 valence electrons. The van der Waals surface area contributed by atoms with Crippen LogP contribution in [0.3, 0.4) is 0 Å². The van der Waals surface area contributed by atoms with E-state index in [1.807, 2.05) is 24.3 Å². The number of likely N-dealkylation sites (tertiary alicyclic amines) is 1. The highest BCUT2D eigenvalue weighted by Gasteiger charge is 2.44. The molecule has 0 spiro atoms. The normalized spacial score (nSPS) is 21.2. The summed E-state index contributed by atoms with van der Waals surface area (Å²) in [5.74, 6) is 1.07. The van der Waals surface area contributed by atoms with Gasteiger partial charge in [-0.2, -0.15) is 0 Å². The molecule has 2 fully saturated rings. The predicted octanol–water partition coefficient (Wildman–Crippen LogP) is 4.62. The Morgan fingerprint density at radius 1 is 0.900 bits per heavy atom. The van der Waals surface area contributed by atoms with Crippen molar-refractivity contribution in [2.75, 3.05) is 19.7 Å². The summed E-state index contributed by atoms with van der Waals surface area (Å²) in [6.07, 6.45) is 8.59. The monoisotopic (exact) mass is 410 g/mol. The standard InChI is InChI=1S/C25H34N2O3/c1-18(2)17-30-21-13-11-19(12-14-21)22-23(26-15-7-4-8-16-26)25(29)27(24(22)28)20-9-5-3-6-10-20/h11-14,18,20H,3-10,15-17H2,1-2H3. The van der Waals surface area contributed by atoms with Gasteiger partial charge in [0, 0.05) is 19.1 Å². The van der Waals surface area contributed by atoms with Gasteiger partial charge in [0.15, 0.2) is 0 Å². The molecule has 3 aliphatic rings. The summed E-state index contributed by atoms with van der Waals surface area (Å²) in [6.45, 7) is 6.60. The SMILES string of the molecule is CC(C)COc1ccc(C2=C(N3CCCCC3)C(=O)N(C3CCCCC3)C2=O)cc1. The third kappa shape index (κ3) is 4.26. The van der Waals surface area contributed by atoms with Gasteiger partial charge in [-0.15, -0.1) is 0 Å². The van der Waals surface area contributed by atoms with Crippen molar-refractivity contribution in [3.63, 3.8) is 0 Å². The Morgan fingerprint density at radius 3 is 2.17 bits per heavy atom. The first kappa shape index (κ1) is 21.0. The van der Waals surface area contributed by atoms with E-state index in [0.717, 1.165) is 62.9 Å². The van der Waals surface area contributed by atoms with Crippen molar-refractivity contribution in [2.24, 2.45) is 5.92 Å². The van der Waals surface area contributed by atoms with E-state index >= 15 is 0 Å². The van der Waals surface area contributed by atoms with E-state index in [4.69, 9.17) is 4.74 Å². The van der Waals surface area contributed by atoms with E-state index in [1.54, 1.807) is 4.90 Å². The maximum Gasteiger partial charge on any atom is 0.278 e. The molecular weight excluding hydrogens is 376 g/mol. The fourth-order valence-corrected chi connectivity index (χ4v) is 4.86. The minimum Gasteiger partial charge on any atom is -0.493 e. The lowest BCUT2D eigenvalue weighted by molar-refractivity contribution is -0.141. The molecule has 0 unspecified atom stereocenters. The molecule has 5 heteroatoms. The fourth-order valence-electron chi connectivity index (χ4n) is 4.86. The molecule has 1 aliphatic carbocycles. The molecule has 0 radical (unpaired) electrons. The van der Waals surface area contributed by atoms with E-state index in [1.165, 1.54) is 12.8 Å². The Bertz CT molecular complexity index is 800. The Labute approximate surface area is 180 Å². The molecule has 1 saturated heterocycles. The Hall–Kier alpha value is -2.30. The van der Waals surface area contributed by atoms with Crippen molar-refractivity contribution in [2.45, 2.75) is 71.3 Å². The van der Waals surface area contributed by atoms with Gasteiger partial charge in [0.25, 0.3) is 11.8 Å². The lowest BCUT2D eigenvalue weighted by Gasteiger charge is -2.32. The molecule has 0 atom stereocenters. The van der Waals surface area contributed by atoms with E-state index in [2.05, 4.69) is 18.7 Å². The molecule has 5 nitrogen and oxygen atoms in total. The van der Waals surface area contributed by atoms with Crippen LogP contribution in [0.2, 0.25) is 0 Å². The summed E-state index contributed by atoms with van der Waals surface area (Å²) >= 11 is 0. The molecule has 2 aliphatic heterocycles. The second-order valence-electron chi connectivity index (χ2n) is 9.27. The number of hydrogen-bond acceptors (Lipinski definition) is 4. The Morgan fingerprint density at radius 2 is 1.53 bits per heavy atom. The van der Waals surface area contributed by atoms with Crippen molar-refractivity contribution < 1.29 is 14.3 Å². The lowest BCUT2D eigenvalue weighted by Crippen LogP contribution is -2.44. The topological polar surface area (TPSA) is 49.9 Å². The fraction of sp³-hybridized carbons (Fsp3) is 0.600. The lowest BCUT2D eigenvalue weighted by atomic mass is 9.94. The molecule has 1 aromatic rings. The first-order valence-electron chi connectivity index (χ1n) is 11.7. The average Bonchev–Trinajstić information content (AvgIpc) is 3.04. The summed E-state index contributed by atoms with van der Waals surface area (Å²) in [6, 6.07) is 7.75. The number of ether oxygens (including phenoxy) is 1. The third-order valence-corrected chi connectivity index (χ3v) is 6.43. The molecule has 0 N–H and O–H groups in total. The first-order valence-corrected chi connectivity index (χ1v) is 11.7. The van der Waals surface area contributed by atoms with Crippen molar-refractivity contribution in [3.8, 4) is 5.75 Å². The predicted molar refractivity (Wildman–Crippen MR) is 118 cm³/mol. The van der Waals surface area contributed by atoms with Gasteiger partial charge in [0.2, 0.25) is 0 Å². The van der Waals surface area contributed by atoms with E-state index in [-0.39, 0.29) is 17.9 Å². The van der Waals surface area contributed by atoms with Crippen molar-refractivity contribution >= 4 is 17.4 Å². The molecule has 1 aromatic carbocycles. The summed E-state index contributed by atoms with van der Waals surface area (Å²) in [4.78, 5) is 30.8. The number of piperidine rings is 1. The second-order valence-corrected chi connectivity index (χ2v) is 9.27. The average molecular weight is 411 g/mol. The second kappa shape index (κ2) is 9.23. The molecule has 0 bridgehead atoms. The zero-order chi connectivity index (χ0) is 21.1. The summed E-state index contributed by atoms with van der Waals surface area (Å²) in [5.41, 5.74) is 2.04. The first-order chi connectivity index (χ1) is 14.6. The van der Waals surface area contributed by atoms with Crippen LogP contribution in [0.25, 0.3) is 5.57 Å². The number of amides is 2. The van der Waals surface area contributed by atoms with Gasteiger partial charge >= 0.3 is 0 Å². The minimum atomic E-state index is -0.108. The van der Waals surface area contributed by atoms with Crippen LogP contribution in [-0.2, 0) is 9.59 Å². The largest absolute Gasteiger partial charge is 0.493 e. The molecule has 2 heterocycles. The Balaban J connectivity index is 1.65. The van der Waals surface area contributed by atoms with Gasteiger partial charge < -0.3 is 9.64 Å². The molecular formula is C25H34N2O3. The van der Waals surface area contributed by atoms with Crippen molar-refractivity contribution in [1.29, 1.82) is 0 Å². The molecule has 0 aromatic heterocycles. The maximum atomic E-state index is 13.6. The van der Waals surface area contributed by atoms with E-state index in [0.29, 0.717) is 23.8 Å². The highest BCUT2D eigenvalue weighted by Crippen LogP contribution is 2.37. The van der Waals surface area contributed by atoms with Gasteiger partial charge in [-0.1, -0.05) is 45.2 Å². The zero-order valence-corrected chi connectivity index (χ0v) is 18.4. The van der Waals surface area contributed by atoms with Gasteiger partial charge in [0.1, 0.15) is 11.4 Å². The van der Waals surface area contributed by atoms with Crippen LogP contribution in [0, 0.1) is 5.92 Å². The number of carbonyl (C=O) groups is 2. The summed E-state index contributed by atoms with van der Waals surface area (Å²) < 4.78 is 5.80. The molecule has 2 amide bonds. The smallest absolute Gasteiger partial charge is 0.278 e. The summed E-state index contributed by atoms with van der Waals surface area (Å²) in [5, 5.41) is 0. The Kier molecular flexibility index (Phi) is 6.45. The number of benzene rings is 1. The van der Waals surface area contributed by atoms with Gasteiger partial charge in [-0.3, -0.25) is 14.5 Å². The molecule has 30 heavy (non-hydrogen) atoms. The van der Waals surface area contributed by atoms with Crippen LogP contribution in [0.15, 0.2) is 30.0 Å². The van der Waals surface area contributed by atoms with Crippen LogP contribution in [0.4, 0.5) is 0 Å². The van der Waals surface area contributed by atoms with Crippen molar-refractivity contribution in [1.82, 2.24) is 9.80 Å². The summed E-state index contributed by atoms with van der Waals surface area (Å²) in [7, 11) is 0. The van der Waals surface area contributed by atoms with Crippen LogP contribution < -0.4 is 4.74 Å². The van der Waals surface area contributed by atoms with Crippen LogP contribution >= 0.6 is 0 Å². The highest BCUT2D eigenvalue weighted by atomic mass is 16.5. The van der Waals surface area contributed by atoms with E-state index in [9.17, 15) is 9.59 Å². The number of rotatable bonds is 6. The minimum absolute atomic E-state index is 0.0460. The molecule has 1 saturated carbocycles. The van der Waals surface area contributed by atoms with Crippen LogP contribution in [-0.4, -0.2) is 47.4 Å². The van der Waals surface area contributed by atoms with Gasteiger partial charge in [0.05, 0.1) is 12.2 Å². The van der Waals surface area contributed by atoms with Gasteiger partial charge in [-0.05, 0) is 55.7 Å². The quantitative estimate of drug-likeness (QED) is 0.642. The number of nitrogens with zero attached hydrogens (tertiary/aromatic N) is 2. The number of hydrogen-bond donors (Lipinski definition) is 0. The highest BCUT2D eigenvalue weighted by molar-refractivity contribution is 6.35. The van der Waals surface area contributed by atoms with Gasteiger partial charge in [-0.25, -0.2) is 0 Å². The number of carbonyl (C=O) groups excluding carboxylic acids is 2. The molecule has 4 rings (SSSR count). The zero-order valence-electron chi connectivity index (χ0n) is 18.4. The van der Waals surface area contributed by atoms with Crippen LogP contribution in [0.1, 0.15) is 70.8 Å². The third-order valence-electron chi connectivity index (χ3n) is 6.43. The maximum absolute atomic E-state index is 13.6.